The van der Waals surface area contributed by atoms with Crippen LogP contribution in [0.4, 0.5) is 0 Å². The highest BCUT2D eigenvalue weighted by molar-refractivity contribution is 5.46. The zero-order chi connectivity index (χ0) is 12.0. The van der Waals surface area contributed by atoms with Gasteiger partial charge in [-0.25, -0.2) is 9.79 Å². The summed E-state index contributed by atoms with van der Waals surface area (Å²) in [6, 6.07) is 3.83. The van der Waals surface area contributed by atoms with Gasteiger partial charge in [-0.15, -0.1) is 0 Å². The lowest BCUT2D eigenvalue weighted by Crippen LogP contribution is -1.98. The maximum atomic E-state index is 9.98. The Bertz CT molecular complexity index is 409. The summed E-state index contributed by atoms with van der Waals surface area (Å²) in [7, 11) is 3.25. The van der Waals surface area contributed by atoms with Crippen LogP contribution in [0.1, 0.15) is 11.1 Å². The Labute approximate surface area is 94.9 Å². The number of aryl methyl sites for hydroxylation is 1. The number of isocyanates is 1. The van der Waals surface area contributed by atoms with E-state index in [-0.39, 0.29) is 0 Å². The largest absolute Gasteiger partial charge is 0.496 e. The predicted octanol–water partition coefficient (Wildman–Crippen LogP) is 1.89. The molecule has 0 bridgehead atoms. The van der Waals surface area contributed by atoms with Gasteiger partial charge >= 0.3 is 0 Å². The Hall–Kier alpha value is -1.80. The van der Waals surface area contributed by atoms with Gasteiger partial charge in [0.25, 0.3) is 0 Å². The van der Waals surface area contributed by atoms with Crippen molar-refractivity contribution in [1.29, 1.82) is 0 Å². The zero-order valence-electron chi connectivity index (χ0n) is 9.74. The Morgan fingerprint density at radius 3 is 2.50 bits per heavy atom. The molecule has 0 fully saturated rings. The molecule has 0 aromatic heterocycles. The molecule has 0 saturated heterocycles. The van der Waals surface area contributed by atoms with Crippen LogP contribution in [0.5, 0.6) is 11.5 Å². The molecule has 0 atom stereocenters. The molecule has 16 heavy (non-hydrogen) atoms. The molecule has 1 aromatic rings. The molecule has 1 rings (SSSR count). The highest BCUT2D eigenvalue weighted by Crippen LogP contribution is 2.28. The van der Waals surface area contributed by atoms with Crippen molar-refractivity contribution < 1.29 is 14.3 Å². The first-order valence-corrected chi connectivity index (χ1v) is 4.98. The highest BCUT2D eigenvalue weighted by Gasteiger charge is 2.07. The molecule has 0 aliphatic carbocycles. The van der Waals surface area contributed by atoms with Crippen LogP contribution in [-0.2, 0) is 11.2 Å². The van der Waals surface area contributed by atoms with Crippen molar-refractivity contribution in [3.63, 3.8) is 0 Å². The van der Waals surface area contributed by atoms with Gasteiger partial charge < -0.3 is 9.47 Å². The lowest BCUT2D eigenvalue weighted by molar-refractivity contribution is 0.396. The standard InChI is InChI=1S/C12H15NO3/c1-9-6-12(16-3)10(4-5-13-8-14)7-11(9)15-2/h6-7H,4-5H2,1-3H3. The SMILES string of the molecule is COc1cc(CCN=C=O)c(OC)cc1C. The summed E-state index contributed by atoms with van der Waals surface area (Å²) in [5.74, 6) is 1.60. The number of aliphatic imine (C=N–C) groups is 1. The van der Waals surface area contributed by atoms with E-state index in [4.69, 9.17) is 9.47 Å². The van der Waals surface area contributed by atoms with Crippen LogP contribution in [0.15, 0.2) is 17.1 Å². The van der Waals surface area contributed by atoms with Crippen LogP contribution in [0, 0.1) is 6.92 Å². The van der Waals surface area contributed by atoms with E-state index < -0.39 is 0 Å². The fourth-order valence-electron chi connectivity index (χ4n) is 1.53. The lowest BCUT2D eigenvalue weighted by Gasteiger charge is -2.12. The maximum absolute atomic E-state index is 9.98. The number of ether oxygens (including phenoxy) is 2. The number of hydrogen-bond donors (Lipinski definition) is 0. The van der Waals surface area contributed by atoms with Crippen molar-refractivity contribution in [3.05, 3.63) is 23.3 Å². The van der Waals surface area contributed by atoms with Gasteiger partial charge in [0.1, 0.15) is 11.5 Å². The van der Waals surface area contributed by atoms with Gasteiger partial charge in [-0.2, -0.15) is 0 Å². The number of carbonyl (C=O) groups excluding carboxylic acids is 1. The summed E-state index contributed by atoms with van der Waals surface area (Å²) in [5.41, 5.74) is 1.99. The van der Waals surface area contributed by atoms with Crippen molar-refractivity contribution in [1.82, 2.24) is 0 Å². The average molecular weight is 221 g/mol. The van der Waals surface area contributed by atoms with Crippen LogP contribution in [0.25, 0.3) is 0 Å². The molecule has 0 amide bonds. The molecule has 0 aliphatic rings. The van der Waals surface area contributed by atoms with E-state index >= 15 is 0 Å². The zero-order valence-corrected chi connectivity index (χ0v) is 9.74. The smallest absolute Gasteiger partial charge is 0.234 e. The summed E-state index contributed by atoms with van der Waals surface area (Å²) in [6.07, 6.45) is 2.15. The Kier molecular flexibility index (Phi) is 4.55. The molecule has 1 aromatic carbocycles. The molecular formula is C12H15NO3. The average Bonchev–Trinajstić information content (AvgIpc) is 2.30. The fraction of sp³-hybridized carbons (Fsp3) is 0.417. The van der Waals surface area contributed by atoms with E-state index in [0.29, 0.717) is 13.0 Å². The third-order valence-electron chi connectivity index (χ3n) is 2.36. The molecule has 4 heteroatoms. The minimum absolute atomic E-state index is 0.409. The van der Waals surface area contributed by atoms with E-state index in [9.17, 15) is 4.79 Å². The Morgan fingerprint density at radius 1 is 1.25 bits per heavy atom. The molecule has 0 spiro atoms. The summed E-state index contributed by atoms with van der Waals surface area (Å²) >= 11 is 0. The van der Waals surface area contributed by atoms with Gasteiger partial charge in [0.15, 0.2) is 0 Å². The third-order valence-corrected chi connectivity index (χ3v) is 2.36. The first-order valence-electron chi connectivity index (χ1n) is 4.98. The van der Waals surface area contributed by atoms with Gasteiger partial charge in [0.2, 0.25) is 6.08 Å². The molecule has 0 heterocycles. The minimum Gasteiger partial charge on any atom is -0.496 e. The van der Waals surface area contributed by atoms with Crippen LogP contribution >= 0.6 is 0 Å². The lowest BCUT2D eigenvalue weighted by atomic mass is 10.1. The number of hydrogen-bond acceptors (Lipinski definition) is 4. The van der Waals surface area contributed by atoms with Crippen LogP contribution in [0.2, 0.25) is 0 Å². The topological polar surface area (TPSA) is 47.9 Å². The predicted molar refractivity (Wildman–Crippen MR) is 61.0 cm³/mol. The summed E-state index contributed by atoms with van der Waals surface area (Å²) in [4.78, 5) is 13.5. The molecule has 4 nitrogen and oxygen atoms in total. The van der Waals surface area contributed by atoms with Crippen LogP contribution in [-0.4, -0.2) is 26.8 Å². The van der Waals surface area contributed by atoms with E-state index in [1.807, 2.05) is 19.1 Å². The van der Waals surface area contributed by atoms with Crippen molar-refractivity contribution in [2.75, 3.05) is 20.8 Å². The molecule has 0 saturated carbocycles. The van der Waals surface area contributed by atoms with E-state index in [0.717, 1.165) is 22.6 Å². The first-order chi connectivity index (χ1) is 7.72. The van der Waals surface area contributed by atoms with E-state index in [2.05, 4.69) is 4.99 Å². The number of rotatable bonds is 5. The van der Waals surface area contributed by atoms with Gasteiger partial charge in [-0.05, 0) is 36.6 Å². The molecule has 0 unspecified atom stereocenters. The second-order valence-electron chi connectivity index (χ2n) is 3.36. The van der Waals surface area contributed by atoms with Crippen LogP contribution in [0.3, 0.4) is 0 Å². The second kappa shape index (κ2) is 5.93. The molecular weight excluding hydrogens is 206 g/mol. The fourth-order valence-corrected chi connectivity index (χ4v) is 1.53. The van der Waals surface area contributed by atoms with Crippen LogP contribution < -0.4 is 9.47 Å². The second-order valence-corrected chi connectivity index (χ2v) is 3.36. The Morgan fingerprint density at radius 2 is 1.94 bits per heavy atom. The molecule has 0 radical (unpaired) electrons. The molecule has 0 N–H and O–H groups in total. The van der Waals surface area contributed by atoms with Crippen molar-refractivity contribution >= 4 is 6.08 Å². The van der Waals surface area contributed by atoms with Gasteiger partial charge in [0, 0.05) is 0 Å². The highest BCUT2D eigenvalue weighted by atomic mass is 16.5. The minimum atomic E-state index is 0.409. The third kappa shape index (κ3) is 2.84. The van der Waals surface area contributed by atoms with Gasteiger partial charge in [-0.1, -0.05) is 0 Å². The van der Waals surface area contributed by atoms with Crippen molar-refractivity contribution in [2.24, 2.45) is 4.99 Å². The normalized spacial score (nSPS) is 9.44. The van der Waals surface area contributed by atoms with Gasteiger partial charge in [-0.3, -0.25) is 0 Å². The summed E-state index contributed by atoms with van der Waals surface area (Å²) in [6.45, 7) is 2.36. The van der Waals surface area contributed by atoms with Crippen molar-refractivity contribution in [2.45, 2.75) is 13.3 Å². The first kappa shape index (κ1) is 12.3. The Balaban J connectivity index is 2.99. The van der Waals surface area contributed by atoms with E-state index in [1.165, 1.54) is 6.08 Å². The van der Waals surface area contributed by atoms with Crippen molar-refractivity contribution in [3.8, 4) is 11.5 Å². The summed E-state index contributed by atoms with van der Waals surface area (Å²) < 4.78 is 10.5. The van der Waals surface area contributed by atoms with E-state index in [1.54, 1.807) is 14.2 Å². The quantitative estimate of drug-likeness (QED) is 0.563. The number of nitrogens with zero attached hydrogens (tertiary/aromatic N) is 1. The molecule has 0 aliphatic heterocycles. The number of methoxy groups -OCH3 is 2. The monoisotopic (exact) mass is 221 g/mol. The summed E-state index contributed by atoms with van der Waals surface area (Å²) in [5, 5.41) is 0. The molecule has 86 valence electrons. The van der Waals surface area contributed by atoms with Gasteiger partial charge in [0.05, 0.1) is 20.8 Å². The number of benzene rings is 1. The maximum Gasteiger partial charge on any atom is 0.234 e.